The molecule has 3 rings (SSSR count). The summed E-state index contributed by atoms with van der Waals surface area (Å²) in [4.78, 5) is 2.75. The average Bonchev–Trinajstić information content (AvgIpc) is 2.64. The lowest BCUT2D eigenvalue weighted by Gasteiger charge is -2.32. The van der Waals surface area contributed by atoms with Crippen molar-refractivity contribution in [1.82, 2.24) is 9.62 Å². The molecule has 0 spiro atoms. The quantitative estimate of drug-likeness (QED) is 0.787. The van der Waals surface area contributed by atoms with Crippen molar-refractivity contribution in [1.29, 1.82) is 0 Å². The van der Waals surface area contributed by atoms with Gasteiger partial charge in [-0.15, -0.1) is 0 Å². The highest BCUT2D eigenvalue weighted by Gasteiger charge is 2.24. The third kappa shape index (κ3) is 5.89. The van der Waals surface area contributed by atoms with Crippen molar-refractivity contribution in [3.63, 3.8) is 0 Å². The van der Waals surface area contributed by atoms with Crippen LogP contribution in [0.5, 0.6) is 0 Å². The first kappa shape index (κ1) is 20.1. The molecule has 1 aliphatic rings. The lowest BCUT2D eigenvalue weighted by atomic mass is 10.0. The molecule has 0 amide bonds. The van der Waals surface area contributed by atoms with Gasteiger partial charge >= 0.3 is 0 Å². The zero-order chi connectivity index (χ0) is 19.3. The molecule has 0 bridgehead atoms. The van der Waals surface area contributed by atoms with Crippen LogP contribution in [0.2, 0.25) is 0 Å². The van der Waals surface area contributed by atoms with E-state index in [4.69, 9.17) is 0 Å². The van der Waals surface area contributed by atoms with Crippen LogP contribution < -0.4 is 4.72 Å². The summed E-state index contributed by atoms with van der Waals surface area (Å²) in [5.74, 6) is 0.562. The first-order valence-corrected chi connectivity index (χ1v) is 11.3. The van der Waals surface area contributed by atoms with E-state index in [1.165, 1.54) is 11.1 Å². The van der Waals surface area contributed by atoms with Gasteiger partial charge in [-0.05, 0) is 48.4 Å². The highest BCUT2D eigenvalue weighted by molar-refractivity contribution is 7.89. The van der Waals surface area contributed by atoms with E-state index in [0.29, 0.717) is 10.8 Å². The number of hydrogen-bond donors (Lipinski definition) is 1. The summed E-state index contributed by atoms with van der Waals surface area (Å²) in [7, 11) is -3.45. The van der Waals surface area contributed by atoms with Crippen LogP contribution in [-0.2, 0) is 23.0 Å². The van der Waals surface area contributed by atoms with Crippen LogP contribution in [0.25, 0.3) is 0 Å². The fourth-order valence-corrected chi connectivity index (χ4v) is 4.92. The van der Waals surface area contributed by atoms with Gasteiger partial charge in [0.15, 0.2) is 0 Å². The van der Waals surface area contributed by atoms with Gasteiger partial charge < -0.3 is 0 Å². The van der Waals surface area contributed by atoms with E-state index >= 15 is 0 Å². The smallest absolute Gasteiger partial charge is 0.240 e. The molecule has 0 atom stereocenters. The first-order valence-electron chi connectivity index (χ1n) is 9.80. The van der Waals surface area contributed by atoms with E-state index < -0.39 is 10.0 Å². The van der Waals surface area contributed by atoms with E-state index in [1.54, 1.807) is 12.1 Å². The predicted molar refractivity (Wildman–Crippen MR) is 110 cm³/mol. The largest absolute Gasteiger partial charge is 0.299 e. The highest BCUT2D eigenvalue weighted by atomic mass is 32.2. The molecular formula is C22H30N2O2S. The van der Waals surface area contributed by atoms with Gasteiger partial charge in [-0.1, -0.05) is 56.3 Å². The van der Waals surface area contributed by atoms with E-state index in [0.717, 1.165) is 38.9 Å². The van der Waals surface area contributed by atoms with E-state index in [9.17, 15) is 8.42 Å². The van der Waals surface area contributed by atoms with Gasteiger partial charge in [-0.3, -0.25) is 4.90 Å². The topological polar surface area (TPSA) is 49.4 Å². The van der Waals surface area contributed by atoms with Gasteiger partial charge in [-0.2, -0.15) is 0 Å². The Labute approximate surface area is 163 Å². The van der Waals surface area contributed by atoms with Crippen LogP contribution in [0.15, 0.2) is 59.5 Å². The normalized spacial score (nSPS) is 16.7. The number of piperidine rings is 1. The highest BCUT2D eigenvalue weighted by Crippen LogP contribution is 2.18. The van der Waals surface area contributed by atoms with Gasteiger partial charge in [0.05, 0.1) is 4.90 Å². The Kier molecular flexibility index (Phi) is 6.68. The van der Waals surface area contributed by atoms with Crippen molar-refractivity contribution < 1.29 is 8.42 Å². The second-order valence-corrected chi connectivity index (χ2v) is 9.61. The Morgan fingerprint density at radius 3 is 2.19 bits per heavy atom. The van der Waals surface area contributed by atoms with Gasteiger partial charge in [-0.25, -0.2) is 13.1 Å². The van der Waals surface area contributed by atoms with Crippen molar-refractivity contribution in [2.45, 2.75) is 50.6 Å². The zero-order valence-corrected chi connectivity index (χ0v) is 17.1. The van der Waals surface area contributed by atoms with Crippen molar-refractivity contribution in [3.05, 3.63) is 65.7 Å². The maximum absolute atomic E-state index is 12.7. The average molecular weight is 387 g/mol. The second-order valence-electron chi connectivity index (χ2n) is 7.90. The van der Waals surface area contributed by atoms with Crippen LogP contribution in [0.1, 0.15) is 37.8 Å². The minimum atomic E-state index is -3.45. The van der Waals surface area contributed by atoms with Crippen molar-refractivity contribution in [2.75, 3.05) is 13.1 Å². The van der Waals surface area contributed by atoms with Crippen molar-refractivity contribution in [2.24, 2.45) is 5.92 Å². The fraction of sp³-hybridized carbons (Fsp3) is 0.455. The summed E-state index contributed by atoms with van der Waals surface area (Å²) in [6.07, 6.45) is 2.66. The third-order valence-electron chi connectivity index (χ3n) is 5.04. The molecule has 0 aliphatic carbocycles. The Hall–Kier alpha value is -1.69. The summed E-state index contributed by atoms with van der Waals surface area (Å²) < 4.78 is 28.3. The molecule has 146 valence electrons. The minimum Gasteiger partial charge on any atom is -0.299 e. The number of sulfonamides is 1. The summed E-state index contributed by atoms with van der Waals surface area (Å²) in [5.41, 5.74) is 2.48. The molecule has 27 heavy (non-hydrogen) atoms. The molecule has 1 aliphatic heterocycles. The molecule has 4 nitrogen and oxygen atoms in total. The van der Waals surface area contributed by atoms with Crippen molar-refractivity contribution >= 4 is 10.0 Å². The molecular weight excluding hydrogens is 356 g/mol. The number of nitrogens with zero attached hydrogens (tertiary/aromatic N) is 1. The lowest BCUT2D eigenvalue weighted by Crippen LogP contribution is -2.44. The Morgan fingerprint density at radius 1 is 0.963 bits per heavy atom. The molecule has 0 unspecified atom stereocenters. The van der Waals surface area contributed by atoms with Gasteiger partial charge in [0, 0.05) is 25.7 Å². The molecule has 1 fully saturated rings. The summed E-state index contributed by atoms with van der Waals surface area (Å²) in [5, 5.41) is 0. The Morgan fingerprint density at radius 2 is 1.59 bits per heavy atom. The maximum Gasteiger partial charge on any atom is 0.240 e. The minimum absolute atomic E-state index is 0.0114. The van der Waals surface area contributed by atoms with Gasteiger partial charge in [0.25, 0.3) is 0 Å². The molecule has 0 saturated carbocycles. The molecule has 1 N–H and O–H groups in total. The summed E-state index contributed by atoms with van der Waals surface area (Å²) >= 11 is 0. The standard InChI is InChI=1S/C22H30N2O2S/c1-18(2)16-19-8-10-22(11-9-19)27(25,26)23-21-12-14-24(15-13-21)17-20-6-4-3-5-7-20/h3-11,18,21,23H,12-17H2,1-2H3. The summed E-state index contributed by atoms with van der Waals surface area (Å²) in [6, 6.07) is 17.7. The number of hydrogen-bond acceptors (Lipinski definition) is 3. The molecule has 2 aromatic rings. The number of likely N-dealkylation sites (tertiary alicyclic amines) is 1. The van der Waals surface area contributed by atoms with Crippen LogP contribution in [-0.4, -0.2) is 32.4 Å². The fourth-order valence-electron chi connectivity index (χ4n) is 3.61. The third-order valence-corrected chi connectivity index (χ3v) is 6.57. The predicted octanol–water partition coefficient (Wildman–Crippen LogP) is 3.83. The molecule has 1 heterocycles. The monoisotopic (exact) mass is 386 g/mol. The number of nitrogens with one attached hydrogen (secondary N) is 1. The molecule has 0 aromatic heterocycles. The second kappa shape index (κ2) is 9.00. The lowest BCUT2D eigenvalue weighted by molar-refractivity contribution is 0.200. The SMILES string of the molecule is CC(C)Cc1ccc(S(=O)(=O)NC2CCN(Cc3ccccc3)CC2)cc1. The van der Waals surface area contributed by atoms with Crippen LogP contribution >= 0.6 is 0 Å². The van der Waals surface area contributed by atoms with Gasteiger partial charge in [0.1, 0.15) is 0 Å². The van der Waals surface area contributed by atoms with Crippen LogP contribution in [0, 0.1) is 5.92 Å². The van der Waals surface area contributed by atoms with Crippen LogP contribution in [0.4, 0.5) is 0 Å². The molecule has 0 radical (unpaired) electrons. The van der Waals surface area contributed by atoms with E-state index in [1.807, 2.05) is 18.2 Å². The summed E-state index contributed by atoms with van der Waals surface area (Å²) in [6.45, 7) is 7.08. The first-order chi connectivity index (χ1) is 12.9. The number of rotatable bonds is 7. The van der Waals surface area contributed by atoms with E-state index in [-0.39, 0.29) is 6.04 Å². The van der Waals surface area contributed by atoms with E-state index in [2.05, 4.69) is 47.7 Å². The Balaban J connectivity index is 1.53. The maximum atomic E-state index is 12.7. The number of benzene rings is 2. The van der Waals surface area contributed by atoms with Crippen molar-refractivity contribution in [3.8, 4) is 0 Å². The molecule has 1 saturated heterocycles. The van der Waals surface area contributed by atoms with Crippen LogP contribution in [0.3, 0.4) is 0 Å². The van der Waals surface area contributed by atoms with Gasteiger partial charge in [0.2, 0.25) is 10.0 Å². The zero-order valence-electron chi connectivity index (χ0n) is 16.3. The molecule has 2 aromatic carbocycles. The molecule has 5 heteroatoms. The Bertz CT molecular complexity index is 809.